The first-order valence-electron chi connectivity index (χ1n) is 20.3. The third kappa shape index (κ3) is 12.2. The van der Waals surface area contributed by atoms with E-state index in [1.165, 1.54) is 27.6 Å². The molecule has 2 fully saturated rings. The number of amides is 2. The Hall–Kier alpha value is -4.61. The van der Waals surface area contributed by atoms with Crippen LogP contribution in [-0.2, 0) is 18.9 Å². The number of ether oxygens (including phenoxy) is 4. The van der Waals surface area contributed by atoms with E-state index in [4.69, 9.17) is 53.8 Å². The molecule has 2 aliphatic heterocycles. The predicted molar refractivity (Wildman–Crippen MR) is 252 cm³/mol. The summed E-state index contributed by atoms with van der Waals surface area (Å²) in [5.41, 5.74) is 2.36. The highest BCUT2D eigenvalue weighted by Crippen LogP contribution is 2.30. The lowest BCUT2D eigenvalue weighted by Gasteiger charge is -2.28. The van der Waals surface area contributed by atoms with Gasteiger partial charge < -0.3 is 44.8 Å². The number of fused-ring (bicyclic) bond motifs is 3. The van der Waals surface area contributed by atoms with Crippen molar-refractivity contribution < 1.29 is 48.3 Å². The Labute approximate surface area is 401 Å². The van der Waals surface area contributed by atoms with Gasteiger partial charge in [-0.25, -0.2) is 18.7 Å². The van der Waals surface area contributed by atoms with Gasteiger partial charge in [0.05, 0.1) is 83.8 Å². The average Bonchev–Trinajstić information content (AvgIpc) is 3.95. The molecule has 0 unspecified atom stereocenters. The fraction of sp³-hybridized carbons (Fsp3) is 0.419. The second-order valence-electron chi connectivity index (χ2n) is 16.9. The van der Waals surface area contributed by atoms with Crippen LogP contribution in [0.5, 0.6) is 0 Å². The normalized spacial score (nSPS) is 18.8. The number of nitrogens with zero attached hydrogens (tertiary/aromatic N) is 5. The second kappa shape index (κ2) is 20.9. The number of aliphatic hydroxyl groups is 2. The Balaban J connectivity index is 0.000000166. The summed E-state index contributed by atoms with van der Waals surface area (Å²) in [7, 11) is 0. The van der Waals surface area contributed by atoms with Gasteiger partial charge in [0.1, 0.15) is 27.8 Å². The molecule has 2 amide bonds. The molecule has 65 heavy (non-hydrogen) atoms. The lowest BCUT2D eigenvalue weighted by molar-refractivity contribution is -0.0260. The van der Waals surface area contributed by atoms with Crippen molar-refractivity contribution in [3.05, 3.63) is 85.1 Å². The van der Waals surface area contributed by atoms with Gasteiger partial charge in [0.15, 0.2) is 0 Å². The van der Waals surface area contributed by atoms with E-state index in [0.29, 0.717) is 69.2 Å². The Bertz CT molecular complexity index is 2710. The van der Waals surface area contributed by atoms with Gasteiger partial charge in [-0.1, -0.05) is 34.8 Å². The number of H-pyrrole nitrogens is 1. The number of aliphatic hydroxyl groups excluding tert-OH is 2. The van der Waals surface area contributed by atoms with Crippen LogP contribution in [-0.4, -0.2) is 125 Å². The van der Waals surface area contributed by atoms with Crippen molar-refractivity contribution in [1.82, 2.24) is 39.7 Å². The van der Waals surface area contributed by atoms with E-state index in [1.54, 1.807) is 57.7 Å². The Morgan fingerprint density at radius 1 is 0.708 bits per heavy atom. The first kappa shape index (κ1) is 49.8. The van der Waals surface area contributed by atoms with Crippen molar-refractivity contribution in [3.8, 4) is 0 Å². The molecule has 6 aromatic heterocycles. The van der Waals surface area contributed by atoms with E-state index in [2.05, 4.69) is 53.2 Å². The number of aromatic amines is 1. The van der Waals surface area contributed by atoms with Crippen LogP contribution in [0.1, 0.15) is 75.1 Å². The minimum absolute atomic E-state index is 0.161. The molecule has 0 saturated carbocycles. The molecule has 2 aliphatic rings. The van der Waals surface area contributed by atoms with Crippen LogP contribution in [0.4, 0.5) is 9.59 Å². The average molecular weight is 1070 g/mol. The van der Waals surface area contributed by atoms with Crippen LogP contribution >= 0.6 is 57.4 Å². The highest BCUT2D eigenvalue weighted by molar-refractivity contribution is 14.1. The first-order chi connectivity index (χ1) is 30.6. The van der Waals surface area contributed by atoms with Gasteiger partial charge in [-0.05, 0) is 95.2 Å². The molecule has 348 valence electrons. The summed E-state index contributed by atoms with van der Waals surface area (Å²) in [4.78, 5) is 65.3. The van der Waals surface area contributed by atoms with Crippen molar-refractivity contribution in [2.24, 2.45) is 0 Å². The lowest BCUT2D eigenvalue weighted by atomic mass is 10.1. The third-order valence-electron chi connectivity index (χ3n) is 9.69. The van der Waals surface area contributed by atoms with E-state index in [1.807, 2.05) is 20.8 Å². The third-order valence-corrected chi connectivity index (χ3v) is 11.4. The number of nitrogens with one attached hydrogen (secondary N) is 3. The molecule has 8 rings (SSSR count). The summed E-state index contributed by atoms with van der Waals surface area (Å²) < 4.78 is 24.5. The zero-order valence-electron chi connectivity index (χ0n) is 36.2. The van der Waals surface area contributed by atoms with Gasteiger partial charge in [0, 0.05) is 50.4 Å². The largest absolute Gasteiger partial charge is 0.443 e. The fourth-order valence-corrected chi connectivity index (χ4v) is 8.05. The van der Waals surface area contributed by atoms with Crippen molar-refractivity contribution >= 4 is 114 Å². The molecule has 18 nitrogen and oxygen atoms in total. The molecular formula is C43H48Cl3IN8O10. The summed E-state index contributed by atoms with van der Waals surface area (Å²) in [6.45, 7) is 12.1. The van der Waals surface area contributed by atoms with E-state index in [0.717, 1.165) is 3.57 Å². The predicted octanol–water partition coefficient (Wildman–Crippen LogP) is 7.53. The Kier molecular flexibility index (Phi) is 16.0. The molecule has 0 aliphatic carbocycles. The molecule has 2 saturated heterocycles. The number of rotatable bonds is 4. The summed E-state index contributed by atoms with van der Waals surface area (Å²) >= 11 is 20.5. The maximum Gasteiger partial charge on any atom is 0.419 e. The molecule has 0 spiro atoms. The number of hydrogen-bond acceptors (Lipinski definition) is 13. The molecule has 8 heterocycles. The summed E-state index contributed by atoms with van der Waals surface area (Å²) in [6.07, 6.45) is 7.73. The van der Waals surface area contributed by atoms with Gasteiger partial charge in [0.25, 0.3) is 11.8 Å². The van der Waals surface area contributed by atoms with Gasteiger partial charge >= 0.3 is 12.2 Å². The quantitative estimate of drug-likeness (QED) is 0.108. The van der Waals surface area contributed by atoms with Crippen LogP contribution in [0.2, 0.25) is 15.1 Å². The molecule has 22 heteroatoms. The highest BCUT2D eigenvalue weighted by Gasteiger charge is 2.30. The number of carbonyl (C=O) groups is 4. The van der Waals surface area contributed by atoms with E-state index in [9.17, 15) is 29.4 Å². The summed E-state index contributed by atoms with van der Waals surface area (Å²) in [5.74, 6) is -0.736. The van der Waals surface area contributed by atoms with Crippen LogP contribution in [0, 0.1) is 3.57 Å². The number of hydrogen-bond donors (Lipinski definition) is 5. The maximum absolute atomic E-state index is 12.8. The van der Waals surface area contributed by atoms with Gasteiger partial charge in [0.2, 0.25) is 0 Å². The molecule has 0 bridgehead atoms. The van der Waals surface area contributed by atoms with Crippen molar-refractivity contribution in [2.45, 2.75) is 89.9 Å². The molecule has 4 atom stereocenters. The SMILES string of the molecule is CC(C)(C)OC(=O)n1cc(C(=O)N[C@@H]2CCOC[C@H]2O)c2nccc(Cl)c21.CC(C)(C)OC(=O)n1cc(I)c2nccc(Cl)c21.O=C(N[C@@H]1CCOC[C@H]1O)c1c[nH]c2c(Cl)ccnc12. The smallest absolute Gasteiger partial charge is 0.419 e. The maximum atomic E-state index is 12.8. The Morgan fingerprint density at radius 2 is 1.15 bits per heavy atom. The first-order valence-corrected chi connectivity index (χ1v) is 22.5. The zero-order chi connectivity index (χ0) is 47.4. The monoisotopic (exact) mass is 1070 g/mol. The van der Waals surface area contributed by atoms with Crippen LogP contribution in [0.25, 0.3) is 33.1 Å². The van der Waals surface area contributed by atoms with Crippen molar-refractivity contribution in [2.75, 3.05) is 26.4 Å². The minimum atomic E-state index is -0.793. The van der Waals surface area contributed by atoms with Crippen LogP contribution in [0.15, 0.2) is 55.4 Å². The number of halogens is 4. The molecule has 6 aromatic rings. The fourth-order valence-electron chi connectivity index (χ4n) is 6.70. The topological polar surface area (TPSA) is 234 Å². The van der Waals surface area contributed by atoms with E-state index in [-0.39, 0.29) is 41.3 Å². The second-order valence-corrected chi connectivity index (χ2v) is 19.3. The van der Waals surface area contributed by atoms with Gasteiger partial charge in [-0.15, -0.1) is 0 Å². The van der Waals surface area contributed by atoms with Crippen LogP contribution in [0.3, 0.4) is 0 Å². The van der Waals surface area contributed by atoms with Crippen LogP contribution < -0.4 is 10.6 Å². The number of carbonyl (C=O) groups excluding carboxylic acids is 4. The Morgan fingerprint density at radius 3 is 1.66 bits per heavy atom. The summed E-state index contributed by atoms with van der Waals surface area (Å²) in [5, 5.41) is 26.6. The number of aromatic nitrogens is 6. The lowest BCUT2D eigenvalue weighted by Crippen LogP contribution is -2.48. The standard InChI is InChI=1S/C18H22ClN3O5.C13H14ClN3O3.C12H12ClIN2O2/c1-18(2,3)27-17(25)22-8-10(14-15(22)11(19)4-6-20-14)16(24)21-12-5-7-26-9-13(12)23;14-8-1-3-15-11-7(5-16-12(8)11)13(19)17-9-2-4-20-6-10(9)18;1-12(2,3)18-11(17)16-6-8(14)9-10(16)7(13)4-5-15-9/h4,6,8,12-13,23H,5,7,9H2,1-3H3,(H,21,24);1,3,5,9-10,16,18H,2,4,6H2,(H,17,19);4-6H,1-3H3/t12-,13-;9-,10-;/m11./s1. The molecular weight excluding hydrogens is 1020 g/mol. The van der Waals surface area contributed by atoms with E-state index >= 15 is 0 Å². The zero-order valence-corrected chi connectivity index (χ0v) is 40.6. The minimum Gasteiger partial charge on any atom is -0.443 e. The molecule has 0 radical (unpaired) electrons. The van der Waals surface area contributed by atoms with Crippen molar-refractivity contribution in [1.29, 1.82) is 0 Å². The highest BCUT2D eigenvalue weighted by atomic mass is 127. The van der Waals surface area contributed by atoms with Gasteiger partial charge in [-0.3, -0.25) is 24.5 Å². The number of pyridine rings is 3. The molecule has 0 aromatic carbocycles. The molecule has 5 N–H and O–H groups in total. The van der Waals surface area contributed by atoms with E-state index < -0.39 is 47.5 Å². The van der Waals surface area contributed by atoms with Crippen molar-refractivity contribution in [3.63, 3.8) is 0 Å². The summed E-state index contributed by atoms with van der Waals surface area (Å²) in [6, 6.07) is 4.10. The van der Waals surface area contributed by atoms with Gasteiger partial charge in [-0.2, -0.15) is 0 Å².